The monoisotopic (exact) mass is 287 g/mol. The molecule has 0 aromatic heterocycles. The van der Waals surface area contributed by atoms with E-state index < -0.39 is 0 Å². The van der Waals surface area contributed by atoms with Gasteiger partial charge in [-0.3, -0.25) is 0 Å². The fourth-order valence-electron chi connectivity index (χ4n) is 3.92. The van der Waals surface area contributed by atoms with Crippen LogP contribution < -0.4 is 5.32 Å². The van der Waals surface area contributed by atoms with Crippen molar-refractivity contribution >= 4 is 0 Å². The lowest BCUT2D eigenvalue weighted by Gasteiger charge is -2.38. The molecule has 1 saturated carbocycles. The van der Waals surface area contributed by atoms with Crippen molar-refractivity contribution in [2.45, 2.75) is 71.9 Å². The fraction of sp³-hybridized carbons (Fsp3) is 0.700. The summed E-state index contributed by atoms with van der Waals surface area (Å²) in [6, 6.07) is 12.3. The first-order chi connectivity index (χ1) is 10.2. The maximum Gasteiger partial charge on any atom is 0.0350 e. The van der Waals surface area contributed by atoms with Gasteiger partial charge in [0.15, 0.2) is 0 Å². The third-order valence-electron chi connectivity index (χ3n) is 5.53. The molecular weight excluding hydrogens is 254 g/mol. The second-order valence-corrected chi connectivity index (χ2v) is 7.13. The average molecular weight is 287 g/mol. The Hall–Kier alpha value is -0.820. The van der Waals surface area contributed by atoms with Crippen LogP contribution in [0.5, 0.6) is 0 Å². The lowest BCUT2D eigenvalue weighted by molar-refractivity contribution is 0.190. The summed E-state index contributed by atoms with van der Waals surface area (Å²) in [7, 11) is 0. The highest BCUT2D eigenvalue weighted by atomic mass is 15.0. The first-order valence-corrected chi connectivity index (χ1v) is 8.96. The van der Waals surface area contributed by atoms with Gasteiger partial charge in [-0.25, -0.2) is 0 Å². The molecule has 0 bridgehead atoms. The van der Waals surface area contributed by atoms with Crippen LogP contribution in [0.15, 0.2) is 30.3 Å². The molecule has 2 rings (SSSR count). The van der Waals surface area contributed by atoms with E-state index in [1.54, 1.807) is 0 Å². The molecule has 1 nitrogen and oxygen atoms in total. The molecule has 0 spiro atoms. The Balaban J connectivity index is 2.15. The fourth-order valence-corrected chi connectivity index (χ4v) is 3.92. The second-order valence-electron chi connectivity index (χ2n) is 7.13. The van der Waals surface area contributed by atoms with Crippen LogP contribution in [0, 0.1) is 17.8 Å². The van der Waals surface area contributed by atoms with Crippen LogP contribution >= 0.6 is 0 Å². The Bertz CT molecular complexity index is 396. The molecule has 1 heteroatoms. The SMILES string of the molecule is CCC(CC)C(NC1CC(C)CCC1C)c1ccccc1. The second kappa shape index (κ2) is 7.98. The summed E-state index contributed by atoms with van der Waals surface area (Å²) in [6.07, 6.45) is 6.62. The quantitative estimate of drug-likeness (QED) is 0.720. The van der Waals surface area contributed by atoms with E-state index in [-0.39, 0.29) is 0 Å². The lowest BCUT2D eigenvalue weighted by atomic mass is 9.78. The number of hydrogen-bond donors (Lipinski definition) is 1. The highest BCUT2D eigenvalue weighted by molar-refractivity contribution is 5.20. The van der Waals surface area contributed by atoms with Crippen LogP contribution in [0.1, 0.15) is 71.4 Å². The third kappa shape index (κ3) is 4.32. The maximum absolute atomic E-state index is 4.05. The molecule has 0 radical (unpaired) electrons. The zero-order valence-corrected chi connectivity index (χ0v) is 14.3. The molecule has 1 aliphatic carbocycles. The van der Waals surface area contributed by atoms with Gasteiger partial charge in [-0.15, -0.1) is 0 Å². The van der Waals surface area contributed by atoms with Crippen LogP contribution in [0.3, 0.4) is 0 Å². The average Bonchev–Trinajstić information content (AvgIpc) is 2.51. The number of nitrogens with one attached hydrogen (secondary N) is 1. The largest absolute Gasteiger partial charge is 0.307 e. The predicted molar refractivity (Wildman–Crippen MR) is 92.4 cm³/mol. The van der Waals surface area contributed by atoms with Crippen LogP contribution in [0.4, 0.5) is 0 Å². The Morgan fingerprint density at radius 2 is 1.71 bits per heavy atom. The molecule has 0 aliphatic heterocycles. The predicted octanol–water partition coefficient (Wildman–Crippen LogP) is 5.58. The van der Waals surface area contributed by atoms with Gasteiger partial charge in [0.2, 0.25) is 0 Å². The van der Waals surface area contributed by atoms with Gasteiger partial charge >= 0.3 is 0 Å². The van der Waals surface area contributed by atoms with E-state index in [4.69, 9.17) is 0 Å². The van der Waals surface area contributed by atoms with Gasteiger partial charge in [-0.1, -0.05) is 77.3 Å². The molecule has 21 heavy (non-hydrogen) atoms. The molecule has 0 saturated heterocycles. The van der Waals surface area contributed by atoms with E-state index >= 15 is 0 Å². The summed E-state index contributed by atoms with van der Waals surface area (Å²) in [5.41, 5.74) is 1.47. The molecule has 0 amide bonds. The van der Waals surface area contributed by atoms with Crippen molar-refractivity contribution < 1.29 is 0 Å². The Kier molecular flexibility index (Phi) is 6.29. The Labute approximate surface area is 131 Å². The van der Waals surface area contributed by atoms with E-state index in [2.05, 4.69) is 63.3 Å². The molecule has 118 valence electrons. The van der Waals surface area contributed by atoms with Crippen molar-refractivity contribution in [2.75, 3.05) is 0 Å². The van der Waals surface area contributed by atoms with E-state index in [0.717, 1.165) is 17.8 Å². The molecule has 1 fully saturated rings. The summed E-state index contributed by atoms with van der Waals surface area (Å²) in [6.45, 7) is 9.51. The van der Waals surface area contributed by atoms with E-state index in [9.17, 15) is 0 Å². The van der Waals surface area contributed by atoms with Gasteiger partial charge in [0.1, 0.15) is 0 Å². The smallest absolute Gasteiger partial charge is 0.0350 e. The van der Waals surface area contributed by atoms with Gasteiger partial charge < -0.3 is 5.32 Å². The molecule has 1 aromatic carbocycles. The Morgan fingerprint density at radius 3 is 2.33 bits per heavy atom. The van der Waals surface area contributed by atoms with Crippen molar-refractivity contribution in [3.63, 3.8) is 0 Å². The first kappa shape index (κ1) is 16.5. The van der Waals surface area contributed by atoms with E-state index in [1.165, 1.54) is 37.7 Å². The maximum atomic E-state index is 4.05. The minimum atomic E-state index is 0.513. The summed E-state index contributed by atoms with van der Waals surface area (Å²) >= 11 is 0. The highest BCUT2D eigenvalue weighted by Crippen LogP contribution is 2.33. The molecular formula is C20H33N. The lowest BCUT2D eigenvalue weighted by Crippen LogP contribution is -2.43. The van der Waals surface area contributed by atoms with Crippen molar-refractivity contribution in [2.24, 2.45) is 17.8 Å². The van der Waals surface area contributed by atoms with Gasteiger partial charge in [0, 0.05) is 12.1 Å². The standard InChI is InChI=1S/C20H33N/c1-5-17(6-2)20(18-10-8-7-9-11-18)21-19-14-15(3)12-13-16(19)4/h7-11,15-17,19-21H,5-6,12-14H2,1-4H3. The van der Waals surface area contributed by atoms with E-state index in [1.807, 2.05) is 0 Å². The number of hydrogen-bond acceptors (Lipinski definition) is 1. The van der Waals surface area contributed by atoms with Crippen molar-refractivity contribution in [1.82, 2.24) is 5.32 Å². The molecule has 4 unspecified atom stereocenters. The topological polar surface area (TPSA) is 12.0 Å². The zero-order chi connectivity index (χ0) is 15.2. The molecule has 1 aromatic rings. The minimum Gasteiger partial charge on any atom is -0.307 e. The number of benzene rings is 1. The van der Waals surface area contributed by atoms with E-state index in [0.29, 0.717) is 12.1 Å². The highest BCUT2D eigenvalue weighted by Gasteiger charge is 2.30. The summed E-state index contributed by atoms with van der Waals surface area (Å²) < 4.78 is 0. The van der Waals surface area contributed by atoms with Crippen LogP contribution in [-0.2, 0) is 0 Å². The Morgan fingerprint density at radius 1 is 1.05 bits per heavy atom. The van der Waals surface area contributed by atoms with Gasteiger partial charge in [-0.05, 0) is 36.2 Å². The molecule has 1 aliphatic rings. The zero-order valence-electron chi connectivity index (χ0n) is 14.3. The summed E-state index contributed by atoms with van der Waals surface area (Å²) in [5.74, 6) is 2.41. The van der Waals surface area contributed by atoms with Crippen LogP contribution in [0.25, 0.3) is 0 Å². The van der Waals surface area contributed by atoms with Gasteiger partial charge in [0.05, 0.1) is 0 Å². The van der Waals surface area contributed by atoms with Gasteiger partial charge in [0.25, 0.3) is 0 Å². The van der Waals surface area contributed by atoms with Gasteiger partial charge in [-0.2, -0.15) is 0 Å². The molecule has 0 heterocycles. The van der Waals surface area contributed by atoms with Crippen molar-refractivity contribution in [3.8, 4) is 0 Å². The number of rotatable bonds is 6. The summed E-state index contributed by atoms with van der Waals surface area (Å²) in [5, 5.41) is 4.05. The third-order valence-corrected chi connectivity index (χ3v) is 5.53. The summed E-state index contributed by atoms with van der Waals surface area (Å²) in [4.78, 5) is 0. The van der Waals surface area contributed by atoms with Crippen LogP contribution in [0.2, 0.25) is 0 Å². The molecule has 1 N–H and O–H groups in total. The first-order valence-electron chi connectivity index (χ1n) is 8.96. The van der Waals surface area contributed by atoms with Crippen molar-refractivity contribution in [3.05, 3.63) is 35.9 Å². The normalized spacial score (nSPS) is 27.8. The van der Waals surface area contributed by atoms with Crippen LogP contribution in [-0.4, -0.2) is 6.04 Å². The molecule has 4 atom stereocenters. The minimum absolute atomic E-state index is 0.513. The van der Waals surface area contributed by atoms with Crippen molar-refractivity contribution in [1.29, 1.82) is 0 Å².